The Balaban J connectivity index is 2.27. The van der Waals surface area contributed by atoms with Crippen molar-refractivity contribution in [2.24, 2.45) is 0 Å². The highest BCUT2D eigenvalue weighted by molar-refractivity contribution is 6.05. The number of phenolic OH excluding ortho intramolecular Hbond substituents is 1. The van der Waals surface area contributed by atoms with Crippen LogP contribution in [0.5, 0.6) is 5.75 Å². The highest BCUT2D eigenvalue weighted by atomic mass is 19.1. The summed E-state index contributed by atoms with van der Waals surface area (Å²) in [5, 5.41) is 11.6. The van der Waals surface area contributed by atoms with Gasteiger partial charge in [-0.05, 0) is 30.3 Å². The molecular formula is C13H9F2NO2. The summed E-state index contributed by atoms with van der Waals surface area (Å²) < 4.78 is 26.3. The van der Waals surface area contributed by atoms with Gasteiger partial charge in [0.25, 0.3) is 5.91 Å². The Morgan fingerprint density at radius 1 is 1.11 bits per heavy atom. The summed E-state index contributed by atoms with van der Waals surface area (Å²) in [6.45, 7) is 0. The van der Waals surface area contributed by atoms with E-state index in [1.807, 2.05) is 0 Å². The van der Waals surface area contributed by atoms with E-state index in [1.165, 1.54) is 30.3 Å². The molecule has 0 heterocycles. The van der Waals surface area contributed by atoms with Gasteiger partial charge in [0.1, 0.15) is 17.3 Å². The molecule has 0 saturated heterocycles. The molecule has 5 heteroatoms. The largest absolute Gasteiger partial charge is 0.506 e. The number of rotatable bonds is 2. The Kier molecular flexibility index (Phi) is 3.23. The maximum Gasteiger partial charge on any atom is 0.255 e. The third kappa shape index (κ3) is 2.45. The van der Waals surface area contributed by atoms with Crippen LogP contribution in [0.4, 0.5) is 14.5 Å². The molecule has 0 spiro atoms. The van der Waals surface area contributed by atoms with E-state index in [9.17, 15) is 18.7 Å². The summed E-state index contributed by atoms with van der Waals surface area (Å²) in [4.78, 5) is 11.7. The second kappa shape index (κ2) is 4.83. The van der Waals surface area contributed by atoms with E-state index in [-0.39, 0.29) is 17.0 Å². The molecule has 2 rings (SSSR count). The quantitative estimate of drug-likeness (QED) is 0.804. The van der Waals surface area contributed by atoms with Gasteiger partial charge in [0.2, 0.25) is 0 Å². The number of para-hydroxylation sites is 1. The van der Waals surface area contributed by atoms with Crippen LogP contribution in [-0.4, -0.2) is 11.0 Å². The van der Waals surface area contributed by atoms with Gasteiger partial charge in [-0.3, -0.25) is 4.79 Å². The average molecular weight is 249 g/mol. The van der Waals surface area contributed by atoms with Gasteiger partial charge in [0, 0.05) is 5.56 Å². The molecule has 0 bridgehead atoms. The molecular weight excluding hydrogens is 240 g/mol. The number of phenols is 1. The smallest absolute Gasteiger partial charge is 0.255 e. The summed E-state index contributed by atoms with van der Waals surface area (Å²) in [6, 6.07) is 8.61. The van der Waals surface area contributed by atoms with Gasteiger partial charge >= 0.3 is 0 Å². The summed E-state index contributed by atoms with van der Waals surface area (Å²) in [6.07, 6.45) is 0. The highest BCUT2D eigenvalue weighted by Crippen LogP contribution is 2.26. The highest BCUT2D eigenvalue weighted by Gasteiger charge is 2.13. The van der Waals surface area contributed by atoms with E-state index in [4.69, 9.17) is 0 Å². The summed E-state index contributed by atoms with van der Waals surface area (Å²) >= 11 is 0. The lowest BCUT2D eigenvalue weighted by Gasteiger charge is -2.08. The molecule has 0 aliphatic heterocycles. The molecule has 92 valence electrons. The minimum atomic E-state index is -0.764. The first-order valence-corrected chi connectivity index (χ1v) is 5.12. The standard InChI is InChI=1S/C13H9F2NO2/c14-9-4-1-3-8(7-9)13(18)16-12-10(15)5-2-6-11(12)17/h1-7,17H,(H,16,18). The third-order valence-electron chi connectivity index (χ3n) is 2.32. The zero-order valence-corrected chi connectivity index (χ0v) is 9.15. The molecule has 1 amide bonds. The van der Waals surface area contributed by atoms with Gasteiger partial charge in [0.15, 0.2) is 5.82 Å². The molecule has 2 aromatic rings. The van der Waals surface area contributed by atoms with Gasteiger partial charge < -0.3 is 10.4 Å². The van der Waals surface area contributed by atoms with Crippen LogP contribution in [0.3, 0.4) is 0 Å². The van der Waals surface area contributed by atoms with E-state index in [0.29, 0.717) is 0 Å². The third-order valence-corrected chi connectivity index (χ3v) is 2.32. The van der Waals surface area contributed by atoms with Crippen molar-refractivity contribution in [3.05, 3.63) is 59.7 Å². The van der Waals surface area contributed by atoms with Crippen LogP contribution in [-0.2, 0) is 0 Å². The minimum absolute atomic E-state index is 0.0395. The van der Waals surface area contributed by atoms with Crippen molar-refractivity contribution in [3.8, 4) is 5.75 Å². The van der Waals surface area contributed by atoms with Crippen molar-refractivity contribution < 1.29 is 18.7 Å². The predicted octanol–water partition coefficient (Wildman–Crippen LogP) is 2.92. The normalized spacial score (nSPS) is 10.1. The first-order valence-electron chi connectivity index (χ1n) is 5.12. The second-order valence-electron chi connectivity index (χ2n) is 3.60. The van der Waals surface area contributed by atoms with Crippen molar-refractivity contribution in [3.63, 3.8) is 0 Å². The Morgan fingerprint density at radius 2 is 1.83 bits per heavy atom. The first-order chi connectivity index (χ1) is 8.58. The van der Waals surface area contributed by atoms with Crippen LogP contribution in [0.15, 0.2) is 42.5 Å². The molecule has 18 heavy (non-hydrogen) atoms. The number of halogens is 2. The van der Waals surface area contributed by atoms with E-state index >= 15 is 0 Å². The SMILES string of the molecule is O=C(Nc1c(O)cccc1F)c1cccc(F)c1. The first kappa shape index (κ1) is 12.0. The van der Waals surface area contributed by atoms with Gasteiger partial charge in [-0.1, -0.05) is 12.1 Å². The molecule has 2 aromatic carbocycles. The van der Waals surface area contributed by atoms with Crippen LogP contribution >= 0.6 is 0 Å². The number of nitrogens with one attached hydrogen (secondary N) is 1. The van der Waals surface area contributed by atoms with E-state index in [1.54, 1.807) is 0 Å². The zero-order valence-electron chi connectivity index (χ0n) is 9.15. The van der Waals surface area contributed by atoms with Crippen molar-refractivity contribution in [1.29, 1.82) is 0 Å². The molecule has 0 fully saturated rings. The number of anilines is 1. The number of carbonyl (C=O) groups excluding carboxylic acids is 1. The molecule has 3 nitrogen and oxygen atoms in total. The average Bonchev–Trinajstić information content (AvgIpc) is 2.34. The predicted molar refractivity (Wildman–Crippen MR) is 62.4 cm³/mol. The molecule has 0 atom stereocenters. The fourth-order valence-electron chi connectivity index (χ4n) is 1.45. The maximum atomic E-state index is 13.4. The number of hydrogen-bond acceptors (Lipinski definition) is 2. The van der Waals surface area contributed by atoms with Gasteiger partial charge in [-0.2, -0.15) is 0 Å². The van der Waals surface area contributed by atoms with Crippen LogP contribution in [0.25, 0.3) is 0 Å². The van der Waals surface area contributed by atoms with Gasteiger partial charge in [-0.15, -0.1) is 0 Å². The van der Waals surface area contributed by atoms with Crippen molar-refractivity contribution in [1.82, 2.24) is 0 Å². The molecule has 0 saturated carbocycles. The fourth-order valence-corrected chi connectivity index (χ4v) is 1.45. The number of carbonyl (C=O) groups is 1. The van der Waals surface area contributed by atoms with Gasteiger partial charge in [-0.25, -0.2) is 8.78 Å². The lowest BCUT2D eigenvalue weighted by atomic mass is 10.2. The number of amides is 1. The molecule has 0 aliphatic rings. The summed E-state index contributed by atoms with van der Waals surface area (Å²) in [5.74, 6) is -2.42. The fraction of sp³-hybridized carbons (Fsp3) is 0. The van der Waals surface area contributed by atoms with Crippen molar-refractivity contribution >= 4 is 11.6 Å². The topological polar surface area (TPSA) is 49.3 Å². The van der Waals surface area contributed by atoms with E-state index < -0.39 is 17.5 Å². The molecule has 2 N–H and O–H groups in total. The zero-order chi connectivity index (χ0) is 13.1. The monoisotopic (exact) mass is 249 g/mol. The Hall–Kier alpha value is -2.43. The molecule has 0 aliphatic carbocycles. The molecule has 0 radical (unpaired) electrons. The van der Waals surface area contributed by atoms with Gasteiger partial charge in [0.05, 0.1) is 0 Å². The Morgan fingerprint density at radius 3 is 2.50 bits per heavy atom. The lowest BCUT2D eigenvalue weighted by molar-refractivity contribution is 0.102. The van der Waals surface area contributed by atoms with Crippen LogP contribution in [0.1, 0.15) is 10.4 Å². The van der Waals surface area contributed by atoms with Crippen LogP contribution in [0, 0.1) is 11.6 Å². The Labute approximate surface area is 102 Å². The van der Waals surface area contributed by atoms with E-state index in [2.05, 4.69) is 5.32 Å². The van der Waals surface area contributed by atoms with Crippen LogP contribution < -0.4 is 5.32 Å². The van der Waals surface area contributed by atoms with Crippen molar-refractivity contribution in [2.75, 3.05) is 5.32 Å². The second-order valence-corrected chi connectivity index (χ2v) is 3.60. The molecule has 0 aromatic heterocycles. The minimum Gasteiger partial charge on any atom is -0.506 e. The number of aromatic hydroxyl groups is 1. The van der Waals surface area contributed by atoms with Crippen molar-refractivity contribution in [2.45, 2.75) is 0 Å². The number of benzene rings is 2. The summed E-state index contributed by atoms with van der Waals surface area (Å²) in [7, 11) is 0. The Bertz CT molecular complexity index is 579. The maximum absolute atomic E-state index is 13.4. The van der Waals surface area contributed by atoms with E-state index in [0.717, 1.165) is 12.1 Å². The number of hydrogen-bond donors (Lipinski definition) is 2. The van der Waals surface area contributed by atoms with Crippen LogP contribution in [0.2, 0.25) is 0 Å². The summed E-state index contributed by atoms with van der Waals surface area (Å²) in [5.41, 5.74) is -0.288. The molecule has 0 unspecified atom stereocenters. The lowest BCUT2D eigenvalue weighted by Crippen LogP contribution is -2.13.